The van der Waals surface area contributed by atoms with Crippen LogP contribution < -0.4 is 4.90 Å². The average molecular weight is 490 g/mol. The van der Waals surface area contributed by atoms with Gasteiger partial charge in [0.1, 0.15) is 5.03 Å². The maximum absolute atomic E-state index is 12.9. The Bertz CT molecular complexity index is 1310. The molecule has 4 rings (SSSR count). The molecule has 1 atom stereocenters. The molecule has 1 fully saturated rings. The van der Waals surface area contributed by atoms with Crippen molar-refractivity contribution in [3.05, 3.63) is 89.6 Å². The molecule has 1 unspecified atom stereocenters. The minimum absolute atomic E-state index is 0.0511. The van der Waals surface area contributed by atoms with Crippen LogP contribution in [0.5, 0.6) is 0 Å². The molecule has 2 heterocycles. The largest absolute Gasteiger partial charge is 0.478 e. The standard InChI is InChI=1S/C25H18N2O7S/c28-19(15-5-2-1-3-6-15)14-34-25(33)16-8-10-17(11-9-16)27-21(29)13-20(23(27)30)35-22-18(24(31)32)7-4-12-26-22/h1-12,20H,13-14H2,(H,31,32). The smallest absolute Gasteiger partial charge is 0.338 e. The van der Waals surface area contributed by atoms with Gasteiger partial charge in [-0.3, -0.25) is 14.4 Å². The lowest BCUT2D eigenvalue weighted by Gasteiger charge is -2.15. The van der Waals surface area contributed by atoms with Crippen molar-refractivity contribution in [3.63, 3.8) is 0 Å². The predicted molar refractivity (Wildman–Crippen MR) is 125 cm³/mol. The fraction of sp³-hybridized carbons (Fsp3) is 0.120. The summed E-state index contributed by atoms with van der Waals surface area (Å²) in [6.45, 7) is -0.418. The molecule has 1 N–H and O–H groups in total. The lowest BCUT2D eigenvalue weighted by atomic mass is 10.1. The van der Waals surface area contributed by atoms with Crippen molar-refractivity contribution >= 4 is 47.0 Å². The Labute approximate surface area is 203 Å². The number of carbonyl (C=O) groups excluding carboxylic acids is 4. The van der Waals surface area contributed by atoms with Gasteiger partial charge in [0, 0.05) is 18.2 Å². The normalized spacial score (nSPS) is 15.2. The second-order valence-electron chi connectivity index (χ2n) is 7.45. The van der Waals surface area contributed by atoms with E-state index in [0.717, 1.165) is 16.7 Å². The van der Waals surface area contributed by atoms with E-state index in [-0.39, 0.29) is 34.0 Å². The minimum Gasteiger partial charge on any atom is -0.478 e. The summed E-state index contributed by atoms with van der Waals surface area (Å²) in [6.07, 6.45) is 1.30. The zero-order valence-electron chi connectivity index (χ0n) is 18.1. The fourth-order valence-corrected chi connectivity index (χ4v) is 4.52. The number of imide groups is 1. The van der Waals surface area contributed by atoms with Gasteiger partial charge in [0.15, 0.2) is 12.4 Å². The molecule has 2 aromatic carbocycles. The number of aromatic nitrogens is 1. The van der Waals surface area contributed by atoms with E-state index in [1.165, 1.54) is 42.6 Å². The molecule has 0 bridgehead atoms. The van der Waals surface area contributed by atoms with E-state index >= 15 is 0 Å². The molecule has 35 heavy (non-hydrogen) atoms. The molecule has 0 saturated carbocycles. The highest BCUT2D eigenvalue weighted by Crippen LogP contribution is 2.34. The number of carbonyl (C=O) groups is 5. The number of hydrogen-bond acceptors (Lipinski definition) is 8. The van der Waals surface area contributed by atoms with Gasteiger partial charge >= 0.3 is 11.9 Å². The number of ether oxygens (including phenoxy) is 1. The highest BCUT2D eigenvalue weighted by Gasteiger charge is 2.41. The van der Waals surface area contributed by atoms with E-state index in [9.17, 15) is 29.1 Å². The number of esters is 1. The van der Waals surface area contributed by atoms with Gasteiger partial charge in [0.25, 0.3) is 0 Å². The molecule has 1 saturated heterocycles. The first kappa shape index (κ1) is 23.8. The van der Waals surface area contributed by atoms with Crippen molar-refractivity contribution in [2.24, 2.45) is 0 Å². The maximum Gasteiger partial charge on any atom is 0.338 e. The summed E-state index contributed by atoms with van der Waals surface area (Å²) in [5, 5.41) is 8.63. The fourth-order valence-electron chi connectivity index (χ4n) is 3.42. The van der Waals surface area contributed by atoms with Crippen molar-refractivity contribution in [3.8, 4) is 0 Å². The lowest BCUT2D eigenvalue weighted by molar-refractivity contribution is -0.121. The van der Waals surface area contributed by atoms with Gasteiger partial charge in [-0.05, 0) is 36.4 Å². The number of thioether (sulfide) groups is 1. The third-order valence-corrected chi connectivity index (χ3v) is 6.35. The molecule has 0 aliphatic carbocycles. The number of aromatic carboxylic acids is 1. The number of hydrogen-bond donors (Lipinski definition) is 1. The van der Waals surface area contributed by atoms with E-state index < -0.39 is 35.6 Å². The summed E-state index contributed by atoms with van der Waals surface area (Å²) in [7, 11) is 0. The van der Waals surface area contributed by atoms with Gasteiger partial charge in [0.05, 0.1) is 22.1 Å². The first-order chi connectivity index (χ1) is 16.8. The van der Waals surface area contributed by atoms with Crippen molar-refractivity contribution in [2.45, 2.75) is 16.7 Å². The second-order valence-corrected chi connectivity index (χ2v) is 8.64. The highest BCUT2D eigenvalue weighted by atomic mass is 32.2. The van der Waals surface area contributed by atoms with Crippen LogP contribution in [0.25, 0.3) is 0 Å². The summed E-state index contributed by atoms with van der Waals surface area (Å²) in [5.74, 6) is -3.20. The van der Waals surface area contributed by atoms with Crippen LogP contribution >= 0.6 is 11.8 Å². The Hall–Kier alpha value is -4.31. The molecule has 2 amide bonds. The Morgan fingerprint density at radius 2 is 1.69 bits per heavy atom. The number of carboxylic acids is 1. The Morgan fingerprint density at radius 1 is 0.971 bits per heavy atom. The number of ketones is 1. The molecule has 1 aliphatic heterocycles. The molecule has 3 aromatic rings. The van der Waals surface area contributed by atoms with Crippen molar-refractivity contribution < 1.29 is 33.8 Å². The zero-order chi connectivity index (χ0) is 24.9. The molecule has 0 spiro atoms. The van der Waals surface area contributed by atoms with Crippen molar-refractivity contribution in [1.29, 1.82) is 0 Å². The van der Waals surface area contributed by atoms with E-state index in [0.29, 0.717) is 5.56 Å². The number of anilines is 1. The Balaban J connectivity index is 1.41. The van der Waals surface area contributed by atoms with Crippen LogP contribution in [-0.2, 0) is 14.3 Å². The van der Waals surface area contributed by atoms with E-state index in [1.807, 2.05) is 0 Å². The molecule has 10 heteroatoms. The number of nitrogens with zero attached hydrogens (tertiary/aromatic N) is 2. The SMILES string of the molecule is O=C(COC(=O)c1ccc(N2C(=O)CC(Sc3ncccc3C(=O)O)C2=O)cc1)c1ccccc1. The lowest BCUT2D eigenvalue weighted by Crippen LogP contribution is -2.31. The van der Waals surface area contributed by atoms with E-state index in [2.05, 4.69) is 4.98 Å². The molecular weight excluding hydrogens is 472 g/mol. The molecule has 0 radical (unpaired) electrons. The van der Waals surface area contributed by atoms with Gasteiger partial charge in [0.2, 0.25) is 11.8 Å². The first-order valence-electron chi connectivity index (χ1n) is 10.4. The van der Waals surface area contributed by atoms with Crippen LogP contribution in [0.4, 0.5) is 5.69 Å². The van der Waals surface area contributed by atoms with Crippen molar-refractivity contribution in [1.82, 2.24) is 4.98 Å². The predicted octanol–water partition coefficient (Wildman–Crippen LogP) is 3.24. The summed E-state index contributed by atoms with van der Waals surface area (Å²) < 4.78 is 5.07. The van der Waals surface area contributed by atoms with Crippen LogP contribution in [0.1, 0.15) is 37.5 Å². The summed E-state index contributed by atoms with van der Waals surface area (Å²) in [6, 6.07) is 16.9. The van der Waals surface area contributed by atoms with Crippen LogP contribution in [0, 0.1) is 0 Å². The number of rotatable bonds is 8. The third kappa shape index (κ3) is 5.28. The van der Waals surface area contributed by atoms with Crippen LogP contribution in [0.3, 0.4) is 0 Å². The highest BCUT2D eigenvalue weighted by molar-refractivity contribution is 8.00. The minimum atomic E-state index is -1.18. The van der Waals surface area contributed by atoms with Gasteiger partial charge < -0.3 is 9.84 Å². The average Bonchev–Trinajstić information content (AvgIpc) is 3.15. The summed E-state index contributed by atoms with van der Waals surface area (Å²) >= 11 is 0.922. The number of pyridine rings is 1. The number of amides is 2. The number of Topliss-reactive ketones (excluding diaryl/α,β-unsaturated/α-hetero) is 1. The topological polar surface area (TPSA) is 131 Å². The Kier molecular flexibility index (Phi) is 7.02. The van der Waals surface area contributed by atoms with Gasteiger partial charge in [-0.25, -0.2) is 19.5 Å². The molecule has 1 aliphatic rings. The molecule has 176 valence electrons. The van der Waals surface area contributed by atoms with Gasteiger partial charge in [-0.2, -0.15) is 0 Å². The van der Waals surface area contributed by atoms with Crippen molar-refractivity contribution in [2.75, 3.05) is 11.5 Å². The number of carboxylic acid groups (broad SMARTS) is 1. The first-order valence-corrected chi connectivity index (χ1v) is 11.3. The second kappa shape index (κ2) is 10.3. The van der Waals surface area contributed by atoms with Gasteiger partial charge in [-0.15, -0.1) is 0 Å². The van der Waals surface area contributed by atoms with E-state index in [1.54, 1.807) is 30.3 Å². The van der Waals surface area contributed by atoms with Crippen LogP contribution in [0.15, 0.2) is 78.0 Å². The van der Waals surface area contributed by atoms with E-state index in [4.69, 9.17) is 4.74 Å². The number of benzene rings is 2. The molecule has 1 aromatic heterocycles. The quantitative estimate of drug-likeness (QED) is 0.287. The van der Waals surface area contributed by atoms with Gasteiger partial charge in [-0.1, -0.05) is 42.1 Å². The summed E-state index contributed by atoms with van der Waals surface area (Å²) in [5.41, 5.74) is 0.791. The Morgan fingerprint density at radius 3 is 2.37 bits per heavy atom. The monoisotopic (exact) mass is 490 g/mol. The summed E-state index contributed by atoms with van der Waals surface area (Å²) in [4.78, 5) is 66.3. The van der Waals surface area contributed by atoms with Crippen LogP contribution in [-0.4, -0.2) is 51.5 Å². The maximum atomic E-state index is 12.9. The third-order valence-electron chi connectivity index (χ3n) is 5.15. The zero-order valence-corrected chi connectivity index (χ0v) is 18.9. The molecular formula is C25H18N2O7S. The van der Waals surface area contributed by atoms with Crippen LogP contribution in [0.2, 0.25) is 0 Å². The molecule has 9 nitrogen and oxygen atoms in total.